The first-order valence-corrected chi connectivity index (χ1v) is 12.3. The second-order valence-corrected chi connectivity index (χ2v) is 9.21. The van der Waals surface area contributed by atoms with Crippen LogP contribution in [0.4, 0.5) is 16.0 Å². The van der Waals surface area contributed by atoms with Crippen molar-refractivity contribution in [3.05, 3.63) is 77.7 Å². The summed E-state index contributed by atoms with van der Waals surface area (Å²) in [5, 5.41) is 1.46. The lowest BCUT2D eigenvalue weighted by Gasteiger charge is -2.10. The molecule has 3 N–H and O–H groups in total. The highest BCUT2D eigenvalue weighted by atomic mass is 35.5. The van der Waals surface area contributed by atoms with Gasteiger partial charge < -0.3 is 10.5 Å². The molecular weight excluding hydrogens is 455 g/mol. The minimum Gasteiger partial charge on any atom is -0.368 e. The fraction of sp³-hybridized carbons (Fsp3) is 0.231. The van der Waals surface area contributed by atoms with Gasteiger partial charge in [-0.3, -0.25) is 0 Å². The molecule has 1 saturated carbocycles. The minimum atomic E-state index is -0.347. The summed E-state index contributed by atoms with van der Waals surface area (Å²) in [7, 11) is 0. The molecule has 7 heteroatoms. The van der Waals surface area contributed by atoms with Gasteiger partial charge >= 0.3 is 0 Å². The highest BCUT2D eigenvalue weighted by Gasteiger charge is 2.08. The van der Waals surface area contributed by atoms with E-state index in [1.165, 1.54) is 56.5 Å². The first-order valence-electron chi connectivity index (χ1n) is 11.1. The summed E-state index contributed by atoms with van der Waals surface area (Å²) < 4.78 is 17.6. The number of rotatable bonds is 4. The predicted molar refractivity (Wildman–Crippen MR) is 138 cm³/mol. The number of hydrogen-bond donors (Lipinski definition) is 2. The number of hydrogen-bond acceptors (Lipinski definition) is 5. The van der Waals surface area contributed by atoms with Crippen LogP contribution in [0.5, 0.6) is 0 Å². The minimum absolute atomic E-state index is 0.229. The van der Waals surface area contributed by atoms with Gasteiger partial charge in [-0.15, -0.1) is 0 Å². The maximum atomic E-state index is 14.6. The first-order chi connectivity index (χ1) is 16.1. The Kier molecular flexibility index (Phi) is 8.02. The molecule has 4 nitrogen and oxygen atoms in total. The molecule has 0 atom stereocenters. The smallest absolute Gasteiger partial charge is 0.220 e. The summed E-state index contributed by atoms with van der Waals surface area (Å²) in [5.41, 5.74) is 8.38. The van der Waals surface area contributed by atoms with E-state index in [1.54, 1.807) is 18.3 Å². The van der Waals surface area contributed by atoms with Crippen molar-refractivity contribution < 1.29 is 4.39 Å². The fourth-order valence-corrected chi connectivity index (χ4v) is 4.65. The summed E-state index contributed by atoms with van der Waals surface area (Å²) in [6.07, 6.45) is 10.7. The molecule has 1 aliphatic rings. The van der Waals surface area contributed by atoms with E-state index in [0.717, 1.165) is 26.9 Å². The molecule has 0 amide bonds. The highest BCUT2D eigenvalue weighted by Crippen LogP contribution is 2.31. The number of halogens is 2. The normalized spacial score (nSPS) is 13.3. The van der Waals surface area contributed by atoms with Gasteiger partial charge in [0.2, 0.25) is 5.95 Å². The molecule has 170 valence electrons. The van der Waals surface area contributed by atoms with Gasteiger partial charge in [0, 0.05) is 16.5 Å². The summed E-state index contributed by atoms with van der Waals surface area (Å²) in [4.78, 5) is 9.00. The van der Waals surface area contributed by atoms with Crippen LogP contribution < -0.4 is 10.5 Å². The maximum Gasteiger partial charge on any atom is 0.220 e. The molecule has 0 unspecified atom stereocenters. The van der Waals surface area contributed by atoms with Crippen LogP contribution in [0.3, 0.4) is 0 Å². The molecule has 1 fully saturated rings. The molecule has 4 aromatic rings. The van der Waals surface area contributed by atoms with Crippen molar-refractivity contribution in [2.45, 2.75) is 43.4 Å². The molecule has 1 heterocycles. The van der Waals surface area contributed by atoms with Crippen LogP contribution in [-0.2, 0) is 0 Å². The maximum absolute atomic E-state index is 14.6. The number of nitrogens with one attached hydrogen (secondary N) is 1. The van der Waals surface area contributed by atoms with Crippen LogP contribution >= 0.6 is 23.5 Å². The third-order valence-electron chi connectivity index (χ3n) is 5.51. The Morgan fingerprint density at radius 2 is 1.55 bits per heavy atom. The van der Waals surface area contributed by atoms with Crippen molar-refractivity contribution in [1.29, 1.82) is 0 Å². The number of nitrogens with zero attached hydrogens (tertiary/aromatic N) is 2. The van der Waals surface area contributed by atoms with E-state index in [1.807, 2.05) is 42.5 Å². The zero-order valence-electron chi connectivity index (χ0n) is 18.2. The number of nitrogens with two attached hydrogens (primary N) is 1. The van der Waals surface area contributed by atoms with Crippen LogP contribution in [0.25, 0.3) is 22.0 Å². The lowest BCUT2D eigenvalue weighted by Crippen LogP contribution is -1.94. The molecule has 0 spiro atoms. The predicted octanol–water partition coefficient (Wildman–Crippen LogP) is 8.13. The molecule has 5 rings (SSSR count). The molecule has 33 heavy (non-hydrogen) atoms. The molecule has 0 aliphatic heterocycles. The Bertz CT molecular complexity index is 1220. The summed E-state index contributed by atoms with van der Waals surface area (Å²) in [6.45, 7) is 0. The van der Waals surface area contributed by atoms with E-state index in [4.69, 9.17) is 17.3 Å². The Hall–Kier alpha value is -2.83. The quantitative estimate of drug-likeness (QED) is 0.288. The van der Waals surface area contributed by atoms with Crippen molar-refractivity contribution in [1.82, 2.24) is 9.97 Å². The van der Waals surface area contributed by atoms with Crippen molar-refractivity contribution in [3.8, 4) is 11.1 Å². The van der Waals surface area contributed by atoms with Crippen molar-refractivity contribution in [2.75, 3.05) is 10.5 Å². The van der Waals surface area contributed by atoms with Gasteiger partial charge in [-0.05, 0) is 59.5 Å². The molecule has 1 aromatic heterocycles. The zero-order chi connectivity index (χ0) is 23.0. The molecule has 3 aromatic carbocycles. The second-order valence-electron chi connectivity index (χ2n) is 7.95. The molecular formula is C26H26ClFN4S. The molecule has 0 saturated heterocycles. The Morgan fingerprint density at radius 3 is 2.24 bits per heavy atom. The topological polar surface area (TPSA) is 63.8 Å². The zero-order valence-corrected chi connectivity index (χ0v) is 19.8. The standard InChI is InChI=1S/C20H14ClFN4S.C6H12/c21-15-3-1-2-4-19(15)27-26-18-8-6-13(10-16(18)22)12-5-7-17-14(9-12)11-24-20(23)25-17;1-2-4-6-5-3-1/h1-11,26H,(H2,23,24,25);1-6H2. The number of benzene rings is 3. The van der Waals surface area contributed by atoms with E-state index in [0.29, 0.717) is 10.7 Å². The second kappa shape index (κ2) is 11.3. The van der Waals surface area contributed by atoms with E-state index in [-0.39, 0.29) is 11.8 Å². The van der Waals surface area contributed by atoms with Gasteiger partial charge in [0.05, 0.1) is 16.2 Å². The first kappa shape index (κ1) is 23.3. The molecule has 0 bridgehead atoms. The summed E-state index contributed by atoms with van der Waals surface area (Å²) >= 11 is 7.39. The average Bonchev–Trinajstić information content (AvgIpc) is 2.85. The molecule has 1 aliphatic carbocycles. The van der Waals surface area contributed by atoms with Crippen LogP contribution in [0, 0.1) is 5.82 Å². The lowest BCUT2D eigenvalue weighted by atomic mass is 10.0. The monoisotopic (exact) mass is 480 g/mol. The van der Waals surface area contributed by atoms with Gasteiger partial charge in [0.1, 0.15) is 5.82 Å². The summed E-state index contributed by atoms with van der Waals surface area (Å²) in [6, 6.07) is 18.1. The van der Waals surface area contributed by atoms with Crippen molar-refractivity contribution in [2.24, 2.45) is 0 Å². The van der Waals surface area contributed by atoms with Crippen LogP contribution in [0.1, 0.15) is 38.5 Å². The highest BCUT2D eigenvalue weighted by molar-refractivity contribution is 8.00. The van der Waals surface area contributed by atoms with E-state index >= 15 is 0 Å². The summed E-state index contributed by atoms with van der Waals surface area (Å²) in [5.74, 6) is -0.117. The van der Waals surface area contributed by atoms with Gasteiger partial charge in [-0.2, -0.15) is 0 Å². The van der Waals surface area contributed by atoms with Crippen molar-refractivity contribution in [3.63, 3.8) is 0 Å². The lowest BCUT2D eigenvalue weighted by molar-refractivity contribution is 0.504. The van der Waals surface area contributed by atoms with Gasteiger partial charge in [-0.25, -0.2) is 14.4 Å². The van der Waals surface area contributed by atoms with E-state index < -0.39 is 0 Å². The van der Waals surface area contributed by atoms with Crippen LogP contribution in [-0.4, -0.2) is 9.97 Å². The van der Waals surface area contributed by atoms with E-state index in [9.17, 15) is 4.39 Å². The number of nitrogen functional groups attached to an aromatic ring is 1. The number of fused-ring (bicyclic) bond motifs is 1. The SMILES string of the molecule is C1CCCCC1.Nc1ncc2cc(-c3ccc(NSc4ccccc4Cl)c(F)c3)ccc2n1. The van der Waals surface area contributed by atoms with Crippen molar-refractivity contribution >= 4 is 46.1 Å². The third-order valence-corrected chi connectivity index (χ3v) is 6.85. The Balaban J connectivity index is 0.000000376. The van der Waals surface area contributed by atoms with Gasteiger partial charge in [0.25, 0.3) is 0 Å². The number of aromatic nitrogens is 2. The van der Waals surface area contributed by atoms with Crippen LogP contribution in [0.15, 0.2) is 71.8 Å². The number of anilines is 2. The van der Waals surface area contributed by atoms with Gasteiger partial charge in [-0.1, -0.05) is 74.4 Å². The van der Waals surface area contributed by atoms with E-state index in [2.05, 4.69) is 14.7 Å². The van der Waals surface area contributed by atoms with Crippen LogP contribution in [0.2, 0.25) is 5.02 Å². The average molecular weight is 481 g/mol. The Morgan fingerprint density at radius 1 is 0.879 bits per heavy atom. The fourth-order valence-electron chi connectivity index (χ4n) is 3.70. The largest absolute Gasteiger partial charge is 0.368 e. The molecule has 0 radical (unpaired) electrons. The Labute approximate surface area is 202 Å². The third kappa shape index (κ3) is 6.36. The van der Waals surface area contributed by atoms with Gasteiger partial charge in [0.15, 0.2) is 0 Å².